The fourth-order valence-electron chi connectivity index (χ4n) is 3.25. The number of pyridine rings is 1. The van der Waals surface area contributed by atoms with Gasteiger partial charge in [-0.05, 0) is 43.9 Å². The minimum atomic E-state index is -0.947. The van der Waals surface area contributed by atoms with Crippen LogP contribution in [-0.2, 0) is 10.4 Å². The van der Waals surface area contributed by atoms with Crippen molar-refractivity contribution in [3.63, 3.8) is 0 Å². The van der Waals surface area contributed by atoms with Gasteiger partial charge >= 0.3 is 0 Å². The Labute approximate surface area is 142 Å². The Morgan fingerprint density at radius 2 is 2.12 bits per heavy atom. The lowest BCUT2D eigenvalue weighted by molar-refractivity contribution is -0.139. The smallest absolute Gasteiger partial charge is 0.247 e. The van der Waals surface area contributed by atoms with E-state index in [-0.39, 0.29) is 11.9 Å². The molecule has 0 aliphatic carbocycles. The van der Waals surface area contributed by atoms with Gasteiger partial charge in [0, 0.05) is 31.7 Å². The Hall–Kier alpha value is -2.21. The molecule has 2 aromatic heterocycles. The molecule has 1 amide bonds. The first-order valence-electron chi connectivity index (χ1n) is 8.47. The minimum Gasteiger partial charge on any atom is -0.383 e. The van der Waals surface area contributed by atoms with E-state index in [2.05, 4.69) is 10.1 Å². The average molecular weight is 328 g/mol. The number of likely N-dealkylation sites (tertiary alicyclic amines) is 1. The lowest BCUT2D eigenvalue weighted by Crippen LogP contribution is -2.47. The van der Waals surface area contributed by atoms with Gasteiger partial charge in [0.1, 0.15) is 11.6 Å². The van der Waals surface area contributed by atoms with Gasteiger partial charge in [-0.25, -0.2) is 0 Å². The highest BCUT2D eigenvalue weighted by atomic mass is 16.3. The summed E-state index contributed by atoms with van der Waals surface area (Å²) in [6.07, 6.45) is 6.99. The van der Waals surface area contributed by atoms with Gasteiger partial charge in [-0.15, -0.1) is 0 Å². The van der Waals surface area contributed by atoms with Gasteiger partial charge in [-0.3, -0.25) is 14.5 Å². The highest BCUT2D eigenvalue weighted by molar-refractivity contribution is 5.80. The van der Waals surface area contributed by atoms with E-state index in [1.807, 2.05) is 43.1 Å². The molecule has 1 fully saturated rings. The second-order valence-corrected chi connectivity index (χ2v) is 6.49. The summed E-state index contributed by atoms with van der Waals surface area (Å²) in [5.74, 6) is 0.0696. The first-order valence-corrected chi connectivity index (χ1v) is 8.47. The standard InChI is InChI=1S/C18H24N4O2/c1-3-15(22-10-4-9-20-22)17(23)21-11-7-18(24,8-12-21)16-6-5-14(2)13-19-16/h4-6,9-10,13,15,24H,3,7-8,11-12H2,1-2H3/t15-/m0/s1. The fourth-order valence-corrected chi connectivity index (χ4v) is 3.25. The third kappa shape index (κ3) is 3.19. The predicted octanol–water partition coefficient (Wildman–Crippen LogP) is 2.05. The lowest BCUT2D eigenvalue weighted by atomic mass is 9.87. The molecule has 6 heteroatoms. The third-order valence-electron chi connectivity index (χ3n) is 4.81. The summed E-state index contributed by atoms with van der Waals surface area (Å²) in [7, 11) is 0. The van der Waals surface area contributed by atoms with Crippen LogP contribution in [0.25, 0.3) is 0 Å². The summed E-state index contributed by atoms with van der Waals surface area (Å²) < 4.78 is 1.71. The van der Waals surface area contributed by atoms with Crippen molar-refractivity contribution >= 4 is 5.91 Å². The molecule has 1 N–H and O–H groups in total. The maximum absolute atomic E-state index is 12.8. The van der Waals surface area contributed by atoms with Crippen LogP contribution in [0.2, 0.25) is 0 Å². The molecule has 2 aromatic rings. The van der Waals surface area contributed by atoms with Crippen LogP contribution in [-0.4, -0.2) is 43.8 Å². The van der Waals surface area contributed by atoms with Crippen LogP contribution in [0.5, 0.6) is 0 Å². The van der Waals surface area contributed by atoms with Crippen molar-refractivity contribution in [2.75, 3.05) is 13.1 Å². The molecule has 6 nitrogen and oxygen atoms in total. The Kier molecular flexibility index (Phi) is 4.66. The monoisotopic (exact) mass is 328 g/mol. The zero-order chi connectivity index (χ0) is 17.2. The summed E-state index contributed by atoms with van der Waals surface area (Å²) in [6.45, 7) is 5.02. The van der Waals surface area contributed by atoms with Crippen LogP contribution in [0.4, 0.5) is 0 Å². The Morgan fingerprint density at radius 3 is 2.67 bits per heavy atom. The van der Waals surface area contributed by atoms with Crippen molar-refractivity contribution in [2.24, 2.45) is 0 Å². The molecule has 0 saturated carbocycles. The third-order valence-corrected chi connectivity index (χ3v) is 4.81. The number of hydrogen-bond acceptors (Lipinski definition) is 4. The second-order valence-electron chi connectivity index (χ2n) is 6.49. The Balaban J connectivity index is 1.68. The first-order chi connectivity index (χ1) is 11.5. The molecule has 1 aliphatic heterocycles. The molecule has 3 heterocycles. The number of piperidine rings is 1. The number of amides is 1. The molecule has 1 atom stereocenters. The van der Waals surface area contributed by atoms with Crippen molar-refractivity contribution < 1.29 is 9.90 Å². The normalized spacial score (nSPS) is 18.4. The van der Waals surface area contributed by atoms with Gasteiger partial charge in [-0.1, -0.05) is 13.0 Å². The topological polar surface area (TPSA) is 71.2 Å². The van der Waals surface area contributed by atoms with Gasteiger partial charge in [-0.2, -0.15) is 5.10 Å². The van der Waals surface area contributed by atoms with Crippen molar-refractivity contribution in [3.8, 4) is 0 Å². The van der Waals surface area contributed by atoms with E-state index in [1.54, 1.807) is 17.1 Å². The van der Waals surface area contributed by atoms with Crippen molar-refractivity contribution in [3.05, 3.63) is 48.0 Å². The summed E-state index contributed by atoms with van der Waals surface area (Å²) >= 11 is 0. The molecular weight excluding hydrogens is 304 g/mol. The molecule has 1 aliphatic rings. The van der Waals surface area contributed by atoms with Gasteiger partial charge in [0.25, 0.3) is 0 Å². The average Bonchev–Trinajstić information content (AvgIpc) is 3.11. The van der Waals surface area contributed by atoms with Gasteiger partial charge < -0.3 is 10.0 Å². The van der Waals surface area contributed by atoms with Crippen LogP contribution in [0.3, 0.4) is 0 Å². The molecule has 128 valence electrons. The van der Waals surface area contributed by atoms with Crippen molar-refractivity contribution in [2.45, 2.75) is 44.8 Å². The molecule has 0 radical (unpaired) electrons. The summed E-state index contributed by atoms with van der Waals surface area (Å²) in [5.41, 5.74) is 0.817. The van der Waals surface area contributed by atoms with Crippen LogP contribution in [0.1, 0.15) is 43.5 Å². The maximum Gasteiger partial charge on any atom is 0.247 e. The van der Waals surface area contributed by atoms with Crippen molar-refractivity contribution in [1.29, 1.82) is 0 Å². The van der Waals surface area contributed by atoms with Crippen molar-refractivity contribution in [1.82, 2.24) is 19.7 Å². The molecule has 0 bridgehead atoms. The number of aliphatic hydroxyl groups is 1. The molecular formula is C18H24N4O2. The lowest BCUT2D eigenvalue weighted by Gasteiger charge is -2.39. The fraction of sp³-hybridized carbons (Fsp3) is 0.500. The molecule has 0 unspecified atom stereocenters. The van der Waals surface area contributed by atoms with Gasteiger partial charge in [0.15, 0.2) is 0 Å². The van der Waals surface area contributed by atoms with E-state index >= 15 is 0 Å². The van der Waals surface area contributed by atoms with Crippen LogP contribution in [0.15, 0.2) is 36.8 Å². The number of nitrogens with zero attached hydrogens (tertiary/aromatic N) is 4. The van der Waals surface area contributed by atoms with E-state index in [1.165, 1.54) is 0 Å². The number of carbonyl (C=O) groups excluding carboxylic acids is 1. The van der Waals surface area contributed by atoms with Gasteiger partial charge in [0.2, 0.25) is 5.91 Å². The highest BCUT2D eigenvalue weighted by Crippen LogP contribution is 2.32. The van der Waals surface area contributed by atoms with Crippen LogP contribution < -0.4 is 0 Å². The number of hydrogen-bond donors (Lipinski definition) is 1. The first kappa shape index (κ1) is 16.6. The van der Waals surface area contributed by atoms with E-state index in [0.29, 0.717) is 38.0 Å². The van der Waals surface area contributed by atoms with Gasteiger partial charge in [0.05, 0.1) is 5.69 Å². The molecule has 3 rings (SSSR count). The zero-order valence-corrected chi connectivity index (χ0v) is 14.2. The molecule has 1 saturated heterocycles. The Bertz CT molecular complexity index is 674. The maximum atomic E-state index is 12.8. The number of rotatable bonds is 4. The zero-order valence-electron chi connectivity index (χ0n) is 14.2. The van der Waals surface area contributed by atoms with Crippen LogP contribution >= 0.6 is 0 Å². The summed E-state index contributed by atoms with van der Waals surface area (Å²) in [5, 5.41) is 15.1. The Morgan fingerprint density at radius 1 is 1.38 bits per heavy atom. The highest BCUT2D eigenvalue weighted by Gasteiger charge is 2.38. The number of aromatic nitrogens is 3. The molecule has 24 heavy (non-hydrogen) atoms. The van der Waals surface area contributed by atoms with E-state index in [4.69, 9.17) is 0 Å². The summed E-state index contributed by atoms with van der Waals surface area (Å²) in [6, 6.07) is 5.39. The van der Waals surface area contributed by atoms with E-state index < -0.39 is 5.60 Å². The largest absolute Gasteiger partial charge is 0.383 e. The molecule has 0 spiro atoms. The van der Waals surface area contributed by atoms with E-state index in [9.17, 15) is 9.90 Å². The van der Waals surface area contributed by atoms with E-state index in [0.717, 1.165) is 5.56 Å². The SMILES string of the molecule is CC[C@@H](C(=O)N1CCC(O)(c2ccc(C)cn2)CC1)n1cccn1. The quantitative estimate of drug-likeness (QED) is 0.932. The summed E-state index contributed by atoms with van der Waals surface area (Å²) in [4.78, 5) is 19.0. The second kappa shape index (κ2) is 6.73. The number of carbonyl (C=O) groups is 1. The van der Waals surface area contributed by atoms with Crippen LogP contribution in [0, 0.1) is 6.92 Å². The number of aryl methyl sites for hydroxylation is 1. The molecule has 0 aromatic carbocycles. The minimum absolute atomic E-state index is 0.0696. The predicted molar refractivity (Wildman–Crippen MR) is 90.2 cm³/mol.